The molecule has 1 aromatic heterocycles. The summed E-state index contributed by atoms with van der Waals surface area (Å²) in [4.78, 5) is 7.51. The number of rotatable bonds is 10. The number of nitrogens with one attached hydrogen (secondary N) is 3. The fraction of sp³-hybridized carbons (Fsp3) is 0.500. The Bertz CT molecular complexity index is 678. The Labute approximate surface area is 177 Å². The predicted molar refractivity (Wildman–Crippen MR) is 119 cm³/mol. The van der Waals surface area contributed by atoms with Gasteiger partial charge in [-0.2, -0.15) is 0 Å². The number of halogens is 2. The van der Waals surface area contributed by atoms with Gasteiger partial charge in [0, 0.05) is 56.0 Å². The van der Waals surface area contributed by atoms with Gasteiger partial charge in [0.1, 0.15) is 0 Å². The molecule has 3 N–H and O–H groups in total. The molecular formula is C18H28ClIN4O2. The fourth-order valence-corrected chi connectivity index (χ4v) is 2.69. The third-order valence-corrected chi connectivity index (χ3v) is 4.06. The molecule has 0 saturated heterocycles. The number of hydrogen-bond donors (Lipinski definition) is 3. The van der Waals surface area contributed by atoms with E-state index in [4.69, 9.17) is 21.1 Å². The summed E-state index contributed by atoms with van der Waals surface area (Å²) in [7, 11) is 3.45. The average molecular weight is 495 g/mol. The molecular weight excluding hydrogens is 467 g/mol. The van der Waals surface area contributed by atoms with Crippen LogP contribution in [-0.4, -0.2) is 58.0 Å². The summed E-state index contributed by atoms with van der Waals surface area (Å²) in [5, 5.41) is 8.54. The maximum absolute atomic E-state index is 6.09. The number of aliphatic imine (C=N–C) groups is 1. The predicted octanol–water partition coefficient (Wildman–Crippen LogP) is 3.20. The molecule has 0 aliphatic carbocycles. The number of benzene rings is 1. The summed E-state index contributed by atoms with van der Waals surface area (Å²) in [5.41, 5.74) is 2.35. The van der Waals surface area contributed by atoms with Crippen molar-refractivity contribution < 1.29 is 9.47 Å². The summed E-state index contributed by atoms with van der Waals surface area (Å²) in [5.74, 6) is 0.801. The zero-order valence-corrected chi connectivity index (χ0v) is 18.4. The van der Waals surface area contributed by atoms with Crippen molar-refractivity contribution in [2.24, 2.45) is 4.99 Å². The third kappa shape index (κ3) is 7.69. The molecule has 0 aliphatic rings. The molecule has 2 rings (SSSR count). The van der Waals surface area contributed by atoms with Crippen molar-refractivity contribution in [1.29, 1.82) is 0 Å². The first-order chi connectivity index (χ1) is 12.2. The summed E-state index contributed by atoms with van der Waals surface area (Å²) in [6.45, 7) is 3.59. The van der Waals surface area contributed by atoms with E-state index >= 15 is 0 Å². The standard InChI is InChI=1S/C18H27ClN4O2.HI/c1-20-18(21-7-3-9-25-11-10-24-2)22-8-6-14-13-23-17-5-4-15(19)12-16(14)17;/h4-5,12-13,23H,3,6-11H2,1-2H3,(H2,20,21,22);1H. The molecule has 26 heavy (non-hydrogen) atoms. The van der Waals surface area contributed by atoms with Crippen LogP contribution < -0.4 is 10.6 Å². The van der Waals surface area contributed by atoms with Gasteiger partial charge in [0.2, 0.25) is 0 Å². The highest BCUT2D eigenvalue weighted by Gasteiger charge is 2.05. The van der Waals surface area contributed by atoms with Crippen LogP contribution in [0.2, 0.25) is 5.02 Å². The zero-order chi connectivity index (χ0) is 17.9. The topological polar surface area (TPSA) is 70.7 Å². The molecule has 0 saturated carbocycles. The molecule has 0 fully saturated rings. The van der Waals surface area contributed by atoms with Crippen LogP contribution in [0.1, 0.15) is 12.0 Å². The Morgan fingerprint density at radius 3 is 2.77 bits per heavy atom. The number of guanidine groups is 1. The lowest BCUT2D eigenvalue weighted by molar-refractivity contribution is 0.0698. The second-order valence-electron chi connectivity index (χ2n) is 5.64. The van der Waals surface area contributed by atoms with E-state index in [0.29, 0.717) is 19.8 Å². The average Bonchev–Trinajstić information content (AvgIpc) is 3.01. The molecule has 6 nitrogen and oxygen atoms in total. The van der Waals surface area contributed by atoms with E-state index in [9.17, 15) is 0 Å². The van der Waals surface area contributed by atoms with E-state index in [1.807, 2.05) is 24.4 Å². The minimum atomic E-state index is 0. The Morgan fingerprint density at radius 2 is 2.00 bits per heavy atom. The van der Waals surface area contributed by atoms with E-state index < -0.39 is 0 Å². The van der Waals surface area contributed by atoms with Crippen LogP contribution in [0.5, 0.6) is 0 Å². The second kappa shape index (κ2) is 13.2. The SMILES string of the molecule is CN=C(NCCCOCCOC)NCCc1c[nH]c2ccc(Cl)cc12.I. The summed E-state index contributed by atoms with van der Waals surface area (Å²) in [6.07, 6.45) is 3.85. The first-order valence-electron chi connectivity index (χ1n) is 8.51. The van der Waals surface area contributed by atoms with Crippen molar-refractivity contribution >= 4 is 52.4 Å². The normalized spacial score (nSPS) is 11.4. The van der Waals surface area contributed by atoms with Gasteiger partial charge in [-0.1, -0.05) is 11.6 Å². The third-order valence-electron chi connectivity index (χ3n) is 3.83. The molecule has 1 heterocycles. The monoisotopic (exact) mass is 494 g/mol. The van der Waals surface area contributed by atoms with Crippen LogP contribution in [0.4, 0.5) is 0 Å². The molecule has 146 valence electrons. The van der Waals surface area contributed by atoms with E-state index in [1.54, 1.807) is 14.2 Å². The first-order valence-corrected chi connectivity index (χ1v) is 8.89. The number of aromatic nitrogens is 1. The number of hydrogen-bond acceptors (Lipinski definition) is 3. The molecule has 0 atom stereocenters. The number of H-pyrrole nitrogens is 1. The first kappa shape index (κ1) is 23.0. The van der Waals surface area contributed by atoms with Gasteiger partial charge in [-0.25, -0.2) is 0 Å². The van der Waals surface area contributed by atoms with Crippen LogP contribution >= 0.6 is 35.6 Å². The van der Waals surface area contributed by atoms with Crippen LogP contribution in [0, 0.1) is 0 Å². The number of ether oxygens (including phenoxy) is 2. The lowest BCUT2D eigenvalue weighted by Gasteiger charge is -2.11. The molecule has 0 amide bonds. The summed E-state index contributed by atoms with van der Waals surface area (Å²) in [6, 6.07) is 5.90. The van der Waals surface area contributed by atoms with Crippen molar-refractivity contribution in [3.63, 3.8) is 0 Å². The minimum absolute atomic E-state index is 0. The fourth-order valence-electron chi connectivity index (χ4n) is 2.52. The number of nitrogens with zero attached hydrogens (tertiary/aromatic N) is 1. The summed E-state index contributed by atoms with van der Waals surface area (Å²) >= 11 is 6.09. The lowest BCUT2D eigenvalue weighted by Crippen LogP contribution is -2.39. The molecule has 2 aromatic rings. The zero-order valence-electron chi connectivity index (χ0n) is 15.3. The van der Waals surface area contributed by atoms with Gasteiger partial charge in [-0.05, 0) is 36.6 Å². The highest BCUT2D eigenvalue weighted by molar-refractivity contribution is 14.0. The molecule has 1 aromatic carbocycles. The van der Waals surface area contributed by atoms with Gasteiger partial charge < -0.3 is 25.1 Å². The van der Waals surface area contributed by atoms with Gasteiger partial charge in [0.15, 0.2) is 5.96 Å². The molecule has 0 bridgehead atoms. The maximum atomic E-state index is 6.09. The Morgan fingerprint density at radius 1 is 1.19 bits per heavy atom. The van der Waals surface area contributed by atoms with E-state index in [2.05, 4.69) is 20.6 Å². The van der Waals surface area contributed by atoms with Crippen LogP contribution in [0.3, 0.4) is 0 Å². The highest BCUT2D eigenvalue weighted by atomic mass is 127. The highest BCUT2D eigenvalue weighted by Crippen LogP contribution is 2.22. The van der Waals surface area contributed by atoms with E-state index in [0.717, 1.165) is 42.4 Å². The van der Waals surface area contributed by atoms with Crippen LogP contribution in [0.15, 0.2) is 29.4 Å². The van der Waals surface area contributed by atoms with Crippen LogP contribution in [0.25, 0.3) is 10.9 Å². The molecule has 0 spiro atoms. The smallest absolute Gasteiger partial charge is 0.190 e. The van der Waals surface area contributed by atoms with Gasteiger partial charge in [-0.3, -0.25) is 4.99 Å². The van der Waals surface area contributed by atoms with Crippen molar-refractivity contribution in [2.75, 3.05) is 47.1 Å². The van der Waals surface area contributed by atoms with Crippen molar-refractivity contribution in [3.05, 3.63) is 35.0 Å². The Kier molecular flexibility index (Phi) is 11.7. The second-order valence-corrected chi connectivity index (χ2v) is 6.07. The molecule has 0 unspecified atom stereocenters. The van der Waals surface area contributed by atoms with Gasteiger partial charge in [-0.15, -0.1) is 24.0 Å². The van der Waals surface area contributed by atoms with Gasteiger partial charge in [0.25, 0.3) is 0 Å². The van der Waals surface area contributed by atoms with Crippen molar-refractivity contribution in [3.8, 4) is 0 Å². The maximum Gasteiger partial charge on any atom is 0.190 e. The number of methoxy groups -OCH3 is 1. The summed E-state index contributed by atoms with van der Waals surface area (Å²) < 4.78 is 10.4. The largest absolute Gasteiger partial charge is 0.382 e. The minimum Gasteiger partial charge on any atom is -0.382 e. The quantitative estimate of drug-likeness (QED) is 0.205. The van der Waals surface area contributed by atoms with E-state index in [1.165, 1.54) is 10.9 Å². The van der Waals surface area contributed by atoms with Crippen molar-refractivity contribution in [2.45, 2.75) is 12.8 Å². The molecule has 8 heteroatoms. The van der Waals surface area contributed by atoms with Gasteiger partial charge in [0.05, 0.1) is 13.2 Å². The number of aromatic amines is 1. The lowest BCUT2D eigenvalue weighted by atomic mass is 10.1. The van der Waals surface area contributed by atoms with Crippen LogP contribution in [-0.2, 0) is 15.9 Å². The van der Waals surface area contributed by atoms with Gasteiger partial charge >= 0.3 is 0 Å². The van der Waals surface area contributed by atoms with E-state index in [-0.39, 0.29) is 24.0 Å². The number of fused-ring (bicyclic) bond motifs is 1. The Balaban J connectivity index is 0.00000338. The molecule has 0 radical (unpaired) electrons. The Hall–Kier alpha value is -1.03. The van der Waals surface area contributed by atoms with Crippen molar-refractivity contribution in [1.82, 2.24) is 15.6 Å². The molecule has 0 aliphatic heterocycles.